The molecular formula is C54H36N4O. The average molecular weight is 757 g/mol. The first-order valence-corrected chi connectivity index (χ1v) is 19.9. The largest absolute Gasteiger partial charge is 0.455 e. The van der Waals surface area contributed by atoms with Gasteiger partial charge in [0.2, 0.25) is 0 Å². The Morgan fingerprint density at radius 1 is 0.542 bits per heavy atom. The second-order valence-electron chi connectivity index (χ2n) is 15.0. The van der Waals surface area contributed by atoms with Crippen molar-refractivity contribution in [3.05, 3.63) is 216 Å². The number of fused-ring (bicyclic) bond motifs is 7. The van der Waals surface area contributed by atoms with E-state index in [0.717, 1.165) is 94.1 Å². The van der Waals surface area contributed by atoms with Crippen LogP contribution in [-0.4, -0.2) is 22.2 Å². The van der Waals surface area contributed by atoms with Gasteiger partial charge in [-0.1, -0.05) is 164 Å². The third-order valence-electron chi connectivity index (χ3n) is 11.7. The topological polar surface area (TPSA) is 57.5 Å². The molecule has 0 N–H and O–H groups in total. The number of para-hydroxylation sites is 2. The van der Waals surface area contributed by atoms with Gasteiger partial charge < -0.3 is 13.9 Å². The summed E-state index contributed by atoms with van der Waals surface area (Å²) in [4.78, 5) is 7.89. The zero-order valence-corrected chi connectivity index (χ0v) is 32.2. The van der Waals surface area contributed by atoms with Crippen molar-refractivity contribution in [3.63, 3.8) is 0 Å². The van der Waals surface area contributed by atoms with Crippen LogP contribution in [0.4, 0.5) is 0 Å². The number of hydrogen-bond donors (Lipinski definition) is 0. The molecule has 0 bridgehead atoms. The molecule has 2 aromatic heterocycles. The highest BCUT2D eigenvalue weighted by atomic mass is 16.3. The molecule has 8 aromatic carbocycles. The SMILES string of the molecule is CN1C(c2ccccc2)=C(C#N)C(c2ccccc2)=NC1c1c(-n2c3ccccc3c3c4oc5ccccc5c4ccc32)ccc(-c2ccccc2)c1-c1ccccc1. The van der Waals surface area contributed by atoms with Crippen molar-refractivity contribution < 1.29 is 4.42 Å². The predicted molar refractivity (Wildman–Crippen MR) is 241 cm³/mol. The molecule has 5 heteroatoms. The Morgan fingerprint density at radius 2 is 1.14 bits per heavy atom. The molecule has 1 unspecified atom stereocenters. The molecule has 0 saturated heterocycles. The number of nitriles is 1. The molecule has 1 atom stereocenters. The van der Waals surface area contributed by atoms with Gasteiger partial charge in [0, 0.05) is 34.3 Å². The third-order valence-corrected chi connectivity index (χ3v) is 11.7. The molecule has 0 aliphatic carbocycles. The van der Waals surface area contributed by atoms with E-state index in [4.69, 9.17) is 9.41 Å². The number of hydrogen-bond acceptors (Lipinski definition) is 4. The first kappa shape index (κ1) is 34.3. The summed E-state index contributed by atoms with van der Waals surface area (Å²) in [6.45, 7) is 0. The lowest BCUT2D eigenvalue weighted by molar-refractivity contribution is 0.363. The van der Waals surface area contributed by atoms with E-state index in [1.807, 2.05) is 60.7 Å². The molecule has 59 heavy (non-hydrogen) atoms. The van der Waals surface area contributed by atoms with E-state index < -0.39 is 6.17 Å². The fourth-order valence-corrected chi connectivity index (χ4v) is 9.14. The first-order valence-electron chi connectivity index (χ1n) is 19.9. The van der Waals surface area contributed by atoms with Crippen molar-refractivity contribution in [1.82, 2.24) is 9.47 Å². The highest BCUT2D eigenvalue weighted by molar-refractivity contribution is 6.24. The maximum absolute atomic E-state index is 11.0. The van der Waals surface area contributed by atoms with Gasteiger partial charge in [-0.2, -0.15) is 5.26 Å². The number of benzene rings is 8. The predicted octanol–water partition coefficient (Wildman–Crippen LogP) is 13.4. The highest BCUT2D eigenvalue weighted by Crippen LogP contribution is 2.49. The van der Waals surface area contributed by atoms with Gasteiger partial charge in [0.05, 0.1) is 33.5 Å². The summed E-state index contributed by atoms with van der Waals surface area (Å²) in [6, 6.07) is 70.0. The number of aromatic nitrogens is 1. The van der Waals surface area contributed by atoms with Gasteiger partial charge in [-0.3, -0.25) is 4.99 Å². The summed E-state index contributed by atoms with van der Waals surface area (Å²) in [5, 5.41) is 15.4. The van der Waals surface area contributed by atoms with Crippen molar-refractivity contribution in [2.24, 2.45) is 4.99 Å². The minimum Gasteiger partial charge on any atom is -0.455 e. The molecule has 0 saturated carbocycles. The third kappa shape index (κ3) is 5.42. The molecule has 0 fully saturated rings. The fourth-order valence-electron chi connectivity index (χ4n) is 9.14. The van der Waals surface area contributed by atoms with Gasteiger partial charge in [0.1, 0.15) is 29.0 Å². The Balaban J connectivity index is 1.30. The van der Waals surface area contributed by atoms with Crippen LogP contribution in [0.5, 0.6) is 0 Å². The van der Waals surface area contributed by atoms with Crippen LogP contribution in [0.25, 0.3) is 77.4 Å². The van der Waals surface area contributed by atoms with Crippen LogP contribution < -0.4 is 0 Å². The molecule has 0 amide bonds. The van der Waals surface area contributed by atoms with Crippen LogP contribution in [-0.2, 0) is 0 Å². The monoisotopic (exact) mass is 756 g/mol. The molecular weight excluding hydrogens is 721 g/mol. The lowest BCUT2D eigenvalue weighted by Gasteiger charge is -2.37. The second kappa shape index (κ2) is 13.9. The summed E-state index contributed by atoms with van der Waals surface area (Å²) in [5.74, 6) is 0. The van der Waals surface area contributed by atoms with E-state index in [0.29, 0.717) is 11.3 Å². The molecule has 278 valence electrons. The maximum Gasteiger partial charge on any atom is 0.150 e. The lowest BCUT2D eigenvalue weighted by Crippen LogP contribution is -2.31. The van der Waals surface area contributed by atoms with Crippen molar-refractivity contribution >= 4 is 55.2 Å². The summed E-state index contributed by atoms with van der Waals surface area (Å²) < 4.78 is 9.12. The van der Waals surface area contributed by atoms with Crippen LogP contribution in [0.15, 0.2) is 209 Å². The van der Waals surface area contributed by atoms with Gasteiger partial charge >= 0.3 is 0 Å². The molecule has 3 heterocycles. The number of furan rings is 1. The number of rotatable bonds is 6. The van der Waals surface area contributed by atoms with E-state index in [9.17, 15) is 5.26 Å². The van der Waals surface area contributed by atoms with Crippen molar-refractivity contribution in [3.8, 4) is 34.0 Å². The fraction of sp³-hybridized carbons (Fsp3) is 0.0370. The molecule has 11 rings (SSSR count). The molecule has 10 aromatic rings. The molecule has 0 radical (unpaired) electrons. The Bertz CT molecular complexity index is 3340. The Labute approximate surface area is 341 Å². The Kier molecular flexibility index (Phi) is 8.09. The zero-order chi connectivity index (χ0) is 39.5. The second-order valence-corrected chi connectivity index (χ2v) is 15.0. The molecule has 1 aliphatic heterocycles. The maximum atomic E-state index is 11.0. The van der Waals surface area contributed by atoms with Crippen LogP contribution in [0.2, 0.25) is 0 Å². The summed E-state index contributed by atoms with van der Waals surface area (Å²) in [5.41, 5.74) is 14.1. The smallest absolute Gasteiger partial charge is 0.150 e. The highest BCUT2D eigenvalue weighted by Gasteiger charge is 2.35. The van der Waals surface area contributed by atoms with E-state index >= 15 is 0 Å². The lowest BCUT2D eigenvalue weighted by atomic mass is 9.86. The van der Waals surface area contributed by atoms with Crippen molar-refractivity contribution in [2.75, 3.05) is 7.05 Å². The number of aliphatic imine (C=N–C) groups is 1. The van der Waals surface area contributed by atoms with E-state index in [1.165, 1.54) is 0 Å². The van der Waals surface area contributed by atoms with Gasteiger partial charge in [-0.25, -0.2) is 0 Å². The van der Waals surface area contributed by atoms with E-state index in [-0.39, 0.29) is 0 Å². The van der Waals surface area contributed by atoms with Crippen molar-refractivity contribution in [2.45, 2.75) is 6.17 Å². The molecule has 0 spiro atoms. The quantitative estimate of drug-likeness (QED) is 0.170. The zero-order valence-electron chi connectivity index (χ0n) is 32.2. The van der Waals surface area contributed by atoms with Crippen LogP contribution in [0.3, 0.4) is 0 Å². The van der Waals surface area contributed by atoms with Gasteiger partial charge in [0.15, 0.2) is 0 Å². The summed E-state index contributed by atoms with van der Waals surface area (Å²) in [6.07, 6.45) is -0.558. The Morgan fingerprint density at radius 3 is 1.83 bits per heavy atom. The minimum absolute atomic E-state index is 0.535. The number of allylic oxidation sites excluding steroid dienone is 1. The van der Waals surface area contributed by atoms with Gasteiger partial charge in [-0.05, 0) is 58.1 Å². The minimum atomic E-state index is -0.558. The van der Waals surface area contributed by atoms with E-state index in [1.54, 1.807) is 0 Å². The van der Waals surface area contributed by atoms with Crippen LogP contribution in [0.1, 0.15) is 22.9 Å². The summed E-state index contributed by atoms with van der Waals surface area (Å²) in [7, 11) is 2.08. The van der Waals surface area contributed by atoms with Gasteiger partial charge in [-0.15, -0.1) is 0 Å². The van der Waals surface area contributed by atoms with Crippen LogP contribution >= 0.6 is 0 Å². The van der Waals surface area contributed by atoms with E-state index in [2.05, 4.69) is 156 Å². The molecule has 1 aliphatic rings. The van der Waals surface area contributed by atoms with Gasteiger partial charge in [0.25, 0.3) is 0 Å². The van der Waals surface area contributed by atoms with Crippen LogP contribution in [0, 0.1) is 11.3 Å². The summed E-state index contributed by atoms with van der Waals surface area (Å²) >= 11 is 0. The number of nitrogens with zero attached hydrogens (tertiary/aromatic N) is 4. The normalized spacial score (nSPS) is 14.3. The van der Waals surface area contributed by atoms with Crippen molar-refractivity contribution in [1.29, 1.82) is 5.26 Å². The Hall–Kier alpha value is -7.94. The average Bonchev–Trinajstić information content (AvgIpc) is 3.85. The first-order chi connectivity index (χ1) is 29.2. The standard InChI is InChI=1S/C54H36N4O/c1-57-52(38-24-12-5-13-25-38)43(34-55)51(37-22-10-4-11-23-37)56-54(57)50-46(32-30-39(35-18-6-2-7-19-35)48(50)36-20-8-3-9-21-36)58-44-28-16-14-27-42(44)49-45(58)33-31-41-40-26-15-17-29-47(40)59-53(41)49/h2-33,54H,1H3. The molecule has 5 nitrogen and oxygen atoms in total.